The summed E-state index contributed by atoms with van der Waals surface area (Å²) in [6, 6.07) is 4.88. The predicted octanol–water partition coefficient (Wildman–Crippen LogP) is 4.44. The van der Waals surface area contributed by atoms with Crippen LogP contribution in [0.5, 0.6) is 5.75 Å². The quantitative estimate of drug-likeness (QED) is 0.887. The summed E-state index contributed by atoms with van der Waals surface area (Å²) in [6.07, 6.45) is 3.28. The highest BCUT2D eigenvalue weighted by Gasteiger charge is 2.33. The summed E-state index contributed by atoms with van der Waals surface area (Å²) in [7, 11) is 0. The third-order valence-corrected chi connectivity index (χ3v) is 4.12. The minimum Gasteiger partial charge on any atom is -0.487 e. The minimum absolute atomic E-state index is 0.101. The first-order chi connectivity index (χ1) is 9.27. The summed E-state index contributed by atoms with van der Waals surface area (Å²) in [6.45, 7) is 8.61. The standard InChI is InChI=1S/C17H26FNO/c1-11-7-14(10-17(3,4)9-11)20-16-6-5-13(12(2)19)8-15(16)18/h5-6,8,11-12,14H,7,9-10,19H2,1-4H3/t11?,12-,14?/m0/s1. The maximum atomic E-state index is 14.1. The van der Waals surface area contributed by atoms with E-state index in [1.54, 1.807) is 6.07 Å². The van der Waals surface area contributed by atoms with E-state index in [2.05, 4.69) is 20.8 Å². The van der Waals surface area contributed by atoms with Crippen molar-refractivity contribution in [1.29, 1.82) is 0 Å². The Morgan fingerprint density at radius 1 is 1.35 bits per heavy atom. The Balaban J connectivity index is 2.10. The Labute approximate surface area is 121 Å². The van der Waals surface area contributed by atoms with Crippen molar-refractivity contribution in [2.24, 2.45) is 17.1 Å². The molecule has 112 valence electrons. The molecule has 1 fully saturated rings. The van der Waals surface area contributed by atoms with Gasteiger partial charge < -0.3 is 10.5 Å². The van der Waals surface area contributed by atoms with Gasteiger partial charge in [-0.2, -0.15) is 0 Å². The second-order valence-electron chi connectivity index (χ2n) is 7.13. The van der Waals surface area contributed by atoms with Gasteiger partial charge in [0.1, 0.15) is 0 Å². The Bertz CT molecular complexity index is 470. The van der Waals surface area contributed by atoms with E-state index in [0.29, 0.717) is 11.7 Å². The topological polar surface area (TPSA) is 35.2 Å². The van der Waals surface area contributed by atoms with Crippen molar-refractivity contribution in [3.05, 3.63) is 29.6 Å². The highest BCUT2D eigenvalue weighted by atomic mass is 19.1. The molecule has 1 aliphatic rings. The molecule has 0 bridgehead atoms. The molecule has 1 aromatic rings. The molecule has 2 rings (SSSR count). The van der Waals surface area contributed by atoms with Crippen LogP contribution in [0.1, 0.15) is 58.6 Å². The van der Waals surface area contributed by atoms with Gasteiger partial charge in [0.05, 0.1) is 6.10 Å². The third kappa shape index (κ3) is 3.72. The zero-order valence-corrected chi connectivity index (χ0v) is 12.9. The van der Waals surface area contributed by atoms with Gasteiger partial charge in [0.2, 0.25) is 0 Å². The van der Waals surface area contributed by atoms with Crippen molar-refractivity contribution in [3.63, 3.8) is 0 Å². The number of hydrogen-bond acceptors (Lipinski definition) is 2. The molecule has 3 atom stereocenters. The van der Waals surface area contributed by atoms with Gasteiger partial charge in [-0.05, 0) is 55.2 Å². The van der Waals surface area contributed by atoms with Gasteiger partial charge in [-0.25, -0.2) is 4.39 Å². The normalized spacial score (nSPS) is 27.1. The molecule has 0 spiro atoms. The van der Waals surface area contributed by atoms with E-state index in [-0.39, 0.29) is 23.4 Å². The van der Waals surface area contributed by atoms with Crippen LogP contribution in [-0.4, -0.2) is 6.10 Å². The first-order valence-electron chi connectivity index (χ1n) is 7.48. The van der Waals surface area contributed by atoms with Crippen LogP contribution in [0.2, 0.25) is 0 Å². The maximum absolute atomic E-state index is 14.1. The fourth-order valence-electron chi connectivity index (χ4n) is 3.42. The molecule has 3 heteroatoms. The van der Waals surface area contributed by atoms with Crippen molar-refractivity contribution in [2.45, 2.75) is 59.1 Å². The van der Waals surface area contributed by atoms with Crippen LogP contribution in [-0.2, 0) is 0 Å². The molecule has 1 aliphatic carbocycles. The first kappa shape index (κ1) is 15.3. The molecule has 2 unspecified atom stereocenters. The van der Waals surface area contributed by atoms with Crippen LogP contribution in [0.3, 0.4) is 0 Å². The zero-order valence-electron chi connectivity index (χ0n) is 12.9. The summed E-state index contributed by atoms with van der Waals surface area (Å²) in [5.41, 5.74) is 6.83. The number of ether oxygens (including phenoxy) is 1. The van der Waals surface area contributed by atoms with E-state index in [4.69, 9.17) is 10.5 Å². The van der Waals surface area contributed by atoms with Crippen LogP contribution in [0.25, 0.3) is 0 Å². The van der Waals surface area contributed by atoms with Gasteiger partial charge in [0.15, 0.2) is 11.6 Å². The lowest BCUT2D eigenvalue weighted by Crippen LogP contribution is -2.34. The van der Waals surface area contributed by atoms with Crippen molar-refractivity contribution in [3.8, 4) is 5.75 Å². The van der Waals surface area contributed by atoms with Gasteiger partial charge in [-0.3, -0.25) is 0 Å². The van der Waals surface area contributed by atoms with E-state index in [1.807, 2.05) is 13.0 Å². The van der Waals surface area contributed by atoms with Crippen LogP contribution in [0.15, 0.2) is 18.2 Å². The number of halogens is 1. The Kier molecular flexibility index (Phi) is 4.38. The number of hydrogen-bond donors (Lipinski definition) is 1. The minimum atomic E-state index is -0.309. The molecule has 0 heterocycles. The largest absolute Gasteiger partial charge is 0.487 e. The lowest BCUT2D eigenvalue weighted by Gasteiger charge is -2.38. The van der Waals surface area contributed by atoms with E-state index in [9.17, 15) is 4.39 Å². The summed E-state index contributed by atoms with van der Waals surface area (Å²) in [4.78, 5) is 0. The molecule has 2 nitrogen and oxygen atoms in total. The Morgan fingerprint density at radius 3 is 2.60 bits per heavy atom. The molecule has 0 aromatic heterocycles. The van der Waals surface area contributed by atoms with Gasteiger partial charge in [0.25, 0.3) is 0 Å². The lowest BCUT2D eigenvalue weighted by atomic mass is 9.71. The second kappa shape index (κ2) is 5.72. The summed E-state index contributed by atoms with van der Waals surface area (Å²) in [5.74, 6) is 0.662. The third-order valence-electron chi connectivity index (χ3n) is 4.12. The number of benzene rings is 1. The molecular formula is C17H26FNO. The van der Waals surface area contributed by atoms with Gasteiger partial charge in [0, 0.05) is 6.04 Å². The lowest BCUT2D eigenvalue weighted by molar-refractivity contribution is 0.0536. The molecule has 1 saturated carbocycles. The summed E-state index contributed by atoms with van der Waals surface area (Å²) < 4.78 is 20.0. The molecule has 0 aliphatic heterocycles. The molecule has 0 radical (unpaired) electrons. The van der Waals surface area contributed by atoms with Crippen LogP contribution >= 0.6 is 0 Å². The first-order valence-corrected chi connectivity index (χ1v) is 7.48. The molecular weight excluding hydrogens is 253 g/mol. The summed E-state index contributed by atoms with van der Waals surface area (Å²) in [5, 5.41) is 0. The molecule has 2 N–H and O–H groups in total. The van der Waals surface area contributed by atoms with E-state index in [1.165, 1.54) is 12.5 Å². The van der Waals surface area contributed by atoms with Crippen LogP contribution in [0, 0.1) is 17.2 Å². The maximum Gasteiger partial charge on any atom is 0.165 e. The number of rotatable bonds is 3. The summed E-state index contributed by atoms with van der Waals surface area (Å²) >= 11 is 0. The van der Waals surface area contributed by atoms with Crippen molar-refractivity contribution >= 4 is 0 Å². The zero-order chi connectivity index (χ0) is 14.9. The van der Waals surface area contributed by atoms with Crippen LogP contribution < -0.4 is 10.5 Å². The smallest absolute Gasteiger partial charge is 0.165 e. The fraction of sp³-hybridized carbons (Fsp3) is 0.647. The molecule has 0 saturated heterocycles. The average Bonchev–Trinajstić information content (AvgIpc) is 2.28. The van der Waals surface area contributed by atoms with Crippen molar-refractivity contribution < 1.29 is 9.13 Å². The van der Waals surface area contributed by atoms with Gasteiger partial charge >= 0.3 is 0 Å². The average molecular weight is 279 g/mol. The van der Waals surface area contributed by atoms with E-state index in [0.717, 1.165) is 18.4 Å². The molecule has 0 amide bonds. The van der Waals surface area contributed by atoms with E-state index < -0.39 is 0 Å². The second-order valence-corrected chi connectivity index (χ2v) is 7.13. The van der Waals surface area contributed by atoms with E-state index >= 15 is 0 Å². The molecule has 20 heavy (non-hydrogen) atoms. The highest BCUT2D eigenvalue weighted by molar-refractivity contribution is 5.31. The van der Waals surface area contributed by atoms with Gasteiger partial charge in [-0.15, -0.1) is 0 Å². The Morgan fingerprint density at radius 2 is 2.05 bits per heavy atom. The Hall–Kier alpha value is -1.09. The SMILES string of the molecule is CC1CC(Oc2ccc([C@H](C)N)cc2F)CC(C)(C)C1. The predicted molar refractivity (Wildman–Crippen MR) is 80.2 cm³/mol. The fourth-order valence-corrected chi connectivity index (χ4v) is 3.42. The molecule has 1 aromatic carbocycles. The number of nitrogens with two attached hydrogens (primary N) is 1. The monoisotopic (exact) mass is 279 g/mol. The van der Waals surface area contributed by atoms with Crippen molar-refractivity contribution in [1.82, 2.24) is 0 Å². The van der Waals surface area contributed by atoms with Crippen LogP contribution in [0.4, 0.5) is 4.39 Å². The van der Waals surface area contributed by atoms with Gasteiger partial charge in [-0.1, -0.05) is 26.8 Å². The van der Waals surface area contributed by atoms with Crippen molar-refractivity contribution in [2.75, 3.05) is 0 Å². The highest BCUT2D eigenvalue weighted by Crippen LogP contribution is 2.40.